The molecule has 1 aliphatic heterocycles. The van der Waals surface area contributed by atoms with E-state index < -0.39 is 16.7 Å². The highest BCUT2D eigenvalue weighted by atomic mass is 127. The molecular formula is C20H17ClF2IN3O3S. The van der Waals surface area contributed by atoms with Crippen LogP contribution >= 0.6 is 46.0 Å². The maximum absolute atomic E-state index is 12.9. The van der Waals surface area contributed by atoms with Gasteiger partial charge in [0.25, 0.3) is 0 Å². The van der Waals surface area contributed by atoms with Gasteiger partial charge < -0.3 is 10.1 Å². The molecule has 0 unspecified atom stereocenters. The number of carbonyl (C=O) groups is 2. The second-order valence-electron chi connectivity index (χ2n) is 6.33. The highest BCUT2D eigenvalue weighted by molar-refractivity contribution is 14.1. The molecule has 1 fully saturated rings. The van der Waals surface area contributed by atoms with Crippen LogP contribution in [0.4, 0.5) is 20.2 Å². The summed E-state index contributed by atoms with van der Waals surface area (Å²) in [5, 5.41) is 3.06. The zero-order valence-electron chi connectivity index (χ0n) is 16.1. The minimum atomic E-state index is -3.85. The molecule has 0 saturated carbocycles. The maximum atomic E-state index is 12.9. The van der Waals surface area contributed by atoms with Gasteiger partial charge in [-0.2, -0.15) is 0 Å². The Kier molecular flexibility index (Phi) is 7.76. The normalized spacial score (nSPS) is 17.3. The lowest BCUT2D eigenvalue weighted by atomic mass is 10.3. The second kappa shape index (κ2) is 10.1. The number of thioether (sulfide) groups is 1. The average molecular weight is 580 g/mol. The van der Waals surface area contributed by atoms with Crippen molar-refractivity contribution in [2.45, 2.75) is 24.2 Å². The Morgan fingerprint density at radius 3 is 2.48 bits per heavy atom. The molecule has 2 aromatic rings. The van der Waals surface area contributed by atoms with E-state index in [2.05, 4.69) is 37.6 Å². The number of ether oxygens (including phenoxy) is 1. The number of amidine groups is 1. The summed E-state index contributed by atoms with van der Waals surface area (Å²) in [7, 11) is 0. The van der Waals surface area contributed by atoms with Gasteiger partial charge in [-0.3, -0.25) is 14.6 Å². The van der Waals surface area contributed by atoms with Crippen LogP contribution in [-0.2, 0) is 9.59 Å². The highest BCUT2D eigenvalue weighted by Gasteiger charge is 2.41. The molecular weight excluding hydrogens is 563 g/mol. The van der Waals surface area contributed by atoms with Crippen LogP contribution in [0.3, 0.4) is 0 Å². The molecule has 3 rings (SSSR count). The van der Waals surface area contributed by atoms with E-state index >= 15 is 0 Å². The summed E-state index contributed by atoms with van der Waals surface area (Å²) < 4.78 is 30.8. The number of nitrogens with zero attached hydrogens (tertiary/aromatic N) is 2. The fourth-order valence-electron chi connectivity index (χ4n) is 2.81. The maximum Gasteiger partial charge on any atom is 0.487 e. The van der Waals surface area contributed by atoms with Crippen molar-refractivity contribution in [3.63, 3.8) is 0 Å². The lowest BCUT2D eigenvalue weighted by Gasteiger charge is -2.17. The summed E-state index contributed by atoms with van der Waals surface area (Å²) >= 11 is 8.13. The van der Waals surface area contributed by atoms with Crippen molar-refractivity contribution in [3.05, 3.63) is 52.1 Å². The minimum Gasteiger partial charge on any atom is -0.420 e. The van der Waals surface area contributed by atoms with Gasteiger partial charge in [-0.1, -0.05) is 11.8 Å². The Labute approximate surface area is 200 Å². The van der Waals surface area contributed by atoms with E-state index in [9.17, 15) is 18.4 Å². The molecule has 1 aliphatic rings. The standard InChI is InChI=1S/C20H17ClF2IN3O3S/c1-2-25-19(26-13-5-3-12(24)4-6-13)31-16-11-17(28)27(18(16)29)14-7-9-15(10-8-14)30-20(21,22)23/h3-10,16H,2,11H2,1H3,(H,25,26)/t16-/m1/s1. The highest BCUT2D eigenvalue weighted by Crippen LogP contribution is 2.33. The molecule has 1 N–H and O–H groups in total. The number of imide groups is 1. The van der Waals surface area contributed by atoms with Crippen molar-refractivity contribution in [1.82, 2.24) is 0 Å². The number of carbonyl (C=O) groups excluding carboxylic acids is 2. The summed E-state index contributed by atoms with van der Waals surface area (Å²) in [5.74, 6) is -0.976. The predicted molar refractivity (Wildman–Crippen MR) is 127 cm³/mol. The van der Waals surface area contributed by atoms with E-state index in [1.54, 1.807) is 0 Å². The van der Waals surface area contributed by atoms with E-state index in [-0.39, 0.29) is 23.8 Å². The first-order valence-corrected chi connectivity index (χ1v) is 11.5. The predicted octanol–water partition coefficient (Wildman–Crippen LogP) is 5.31. The van der Waals surface area contributed by atoms with E-state index in [0.29, 0.717) is 11.7 Å². The van der Waals surface area contributed by atoms with Gasteiger partial charge in [0.1, 0.15) is 11.0 Å². The molecule has 0 aromatic heterocycles. The number of rotatable bonds is 6. The number of halogens is 4. The van der Waals surface area contributed by atoms with Crippen LogP contribution in [0.25, 0.3) is 0 Å². The lowest BCUT2D eigenvalue weighted by Crippen LogP contribution is -2.31. The van der Waals surface area contributed by atoms with Crippen molar-refractivity contribution < 1.29 is 23.1 Å². The second-order valence-corrected chi connectivity index (χ2v) is 9.21. The summed E-state index contributed by atoms with van der Waals surface area (Å²) in [6.07, 6.45) is -0.00138. The molecule has 31 heavy (non-hydrogen) atoms. The lowest BCUT2D eigenvalue weighted by molar-refractivity contribution is -0.121. The summed E-state index contributed by atoms with van der Waals surface area (Å²) in [6, 6.07) is 12.8. The van der Waals surface area contributed by atoms with Crippen LogP contribution in [0.15, 0.2) is 53.5 Å². The van der Waals surface area contributed by atoms with E-state index in [1.807, 2.05) is 31.2 Å². The molecule has 164 valence electrons. The van der Waals surface area contributed by atoms with Gasteiger partial charge >= 0.3 is 5.57 Å². The summed E-state index contributed by atoms with van der Waals surface area (Å²) in [5.41, 5.74) is -2.76. The monoisotopic (exact) mass is 579 g/mol. The number of nitrogens with one attached hydrogen (secondary N) is 1. The third kappa shape index (κ3) is 6.53. The van der Waals surface area contributed by atoms with Gasteiger partial charge in [-0.25, -0.2) is 4.90 Å². The van der Waals surface area contributed by atoms with Gasteiger partial charge in [0.2, 0.25) is 11.8 Å². The number of hydrogen-bond donors (Lipinski definition) is 1. The van der Waals surface area contributed by atoms with Gasteiger partial charge in [0.05, 0.1) is 5.69 Å². The van der Waals surface area contributed by atoms with Crippen LogP contribution < -0.4 is 15.0 Å². The quantitative estimate of drug-likeness (QED) is 0.165. The number of benzene rings is 2. The molecule has 1 atom stereocenters. The topological polar surface area (TPSA) is 71.0 Å². The zero-order chi connectivity index (χ0) is 22.6. The zero-order valence-corrected chi connectivity index (χ0v) is 19.9. The number of anilines is 2. The number of hydrogen-bond acceptors (Lipinski definition) is 5. The van der Waals surface area contributed by atoms with Crippen LogP contribution in [-0.4, -0.2) is 34.3 Å². The minimum absolute atomic E-state index is 0.00138. The SMILES string of the molecule is CCN=C(Nc1ccc(I)cc1)S[C@@H]1CC(=O)N(c2ccc(OC(F)(F)Cl)cc2)C1=O. The van der Waals surface area contributed by atoms with Gasteiger partial charge in [0, 0.05) is 33.8 Å². The third-order valence-electron chi connectivity index (χ3n) is 4.08. The Morgan fingerprint density at radius 2 is 1.90 bits per heavy atom. The molecule has 2 amide bonds. The van der Waals surface area contributed by atoms with Crippen molar-refractivity contribution in [2.24, 2.45) is 4.99 Å². The summed E-state index contributed by atoms with van der Waals surface area (Å²) in [6.45, 7) is 2.38. The average Bonchev–Trinajstić information content (AvgIpc) is 2.96. The fraction of sp³-hybridized carbons (Fsp3) is 0.250. The van der Waals surface area contributed by atoms with Gasteiger partial charge in [0.15, 0.2) is 5.17 Å². The molecule has 1 heterocycles. The van der Waals surface area contributed by atoms with Crippen molar-refractivity contribution in [3.8, 4) is 5.75 Å². The smallest absolute Gasteiger partial charge is 0.420 e. The molecule has 2 aromatic carbocycles. The molecule has 0 bridgehead atoms. The fourth-order valence-corrected chi connectivity index (χ4v) is 4.34. The van der Waals surface area contributed by atoms with Gasteiger partial charge in [-0.15, -0.1) is 8.78 Å². The Bertz CT molecular complexity index is 985. The molecule has 6 nitrogen and oxygen atoms in total. The van der Waals surface area contributed by atoms with Gasteiger partial charge in [-0.05, 0) is 78.0 Å². The molecule has 11 heteroatoms. The molecule has 0 radical (unpaired) electrons. The Balaban J connectivity index is 1.71. The third-order valence-corrected chi connectivity index (χ3v) is 5.99. The van der Waals surface area contributed by atoms with E-state index in [1.165, 1.54) is 36.0 Å². The van der Waals surface area contributed by atoms with Crippen LogP contribution in [0, 0.1) is 3.57 Å². The van der Waals surface area contributed by atoms with Crippen LogP contribution in [0.1, 0.15) is 13.3 Å². The van der Waals surface area contributed by atoms with Crippen molar-refractivity contribution in [2.75, 3.05) is 16.8 Å². The number of aliphatic imine (C=N–C) groups is 1. The molecule has 1 saturated heterocycles. The summed E-state index contributed by atoms with van der Waals surface area (Å²) in [4.78, 5) is 30.8. The largest absolute Gasteiger partial charge is 0.487 e. The number of alkyl halides is 3. The molecule has 0 aliphatic carbocycles. The number of amides is 2. The van der Waals surface area contributed by atoms with Crippen LogP contribution in [0.5, 0.6) is 5.75 Å². The van der Waals surface area contributed by atoms with Crippen molar-refractivity contribution >= 4 is 74.3 Å². The van der Waals surface area contributed by atoms with Crippen LogP contribution in [0.2, 0.25) is 0 Å². The first-order valence-electron chi connectivity index (χ1n) is 9.12. The van der Waals surface area contributed by atoms with E-state index in [0.717, 1.165) is 14.2 Å². The molecule has 0 spiro atoms. The Morgan fingerprint density at radius 1 is 1.26 bits per heavy atom. The Hall–Kier alpha value is -1.92. The first kappa shape index (κ1) is 23.7. The first-order chi connectivity index (χ1) is 14.7. The van der Waals surface area contributed by atoms with E-state index in [4.69, 9.17) is 11.6 Å². The van der Waals surface area contributed by atoms with Crippen molar-refractivity contribution in [1.29, 1.82) is 0 Å².